The van der Waals surface area contributed by atoms with Crippen molar-refractivity contribution < 1.29 is 23.6 Å². The topological polar surface area (TPSA) is 175 Å². The lowest BCUT2D eigenvalue weighted by Gasteiger charge is -2.13. The molecule has 3 rings (SSSR count). The Morgan fingerprint density at radius 1 is 1.18 bits per heavy atom. The molecular weight excluding hydrogens is 437 g/mol. The number of carbonyl (C=O) groups is 2. The number of nitro benzene ring substituents is 1. The fourth-order valence-corrected chi connectivity index (χ4v) is 2.58. The highest BCUT2D eigenvalue weighted by atomic mass is 19.1. The Bertz CT molecular complexity index is 1190. The molecule has 0 aliphatic carbocycles. The minimum absolute atomic E-state index is 0.0191. The Balaban J connectivity index is 1.58. The normalized spacial score (nSPS) is 11.3. The molecule has 3 aromatic rings. The first-order chi connectivity index (χ1) is 15.7. The minimum Gasteiger partial charge on any atom is -0.456 e. The lowest BCUT2D eigenvalue weighted by Crippen LogP contribution is -2.39. The van der Waals surface area contributed by atoms with Crippen LogP contribution in [0.25, 0.3) is 0 Å². The van der Waals surface area contributed by atoms with E-state index in [1.54, 1.807) is 0 Å². The van der Waals surface area contributed by atoms with Gasteiger partial charge in [-0.3, -0.25) is 14.9 Å². The molecule has 1 amide bonds. The number of halogens is 1. The van der Waals surface area contributed by atoms with Crippen LogP contribution in [0.1, 0.15) is 23.1 Å². The number of nitrogens with two attached hydrogens (primary N) is 1. The van der Waals surface area contributed by atoms with Gasteiger partial charge in [0, 0.05) is 23.4 Å². The molecule has 2 aromatic carbocycles. The number of rotatable bonds is 8. The smallest absolute Gasteiger partial charge is 0.328 e. The number of nitrogens with one attached hydrogen (secondary N) is 2. The van der Waals surface area contributed by atoms with Gasteiger partial charge in [0.25, 0.3) is 11.6 Å². The van der Waals surface area contributed by atoms with Gasteiger partial charge in [-0.15, -0.1) is 0 Å². The van der Waals surface area contributed by atoms with E-state index in [-0.39, 0.29) is 35.6 Å². The summed E-state index contributed by atoms with van der Waals surface area (Å²) in [6.07, 6.45) is 0. The second kappa shape index (κ2) is 10.1. The Labute approximate surface area is 186 Å². The first-order valence-electron chi connectivity index (χ1n) is 9.46. The maximum absolute atomic E-state index is 13.0. The highest BCUT2D eigenvalue weighted by Crippen LogP contribution is 2.15. The van der Waals surface area contributed by atoms with Crippen LogP contribution in [0.4, 0.5) is 27.7 Å². The minimum atomic E-state index is -1.06. The predicted molar refractivity (Wildman–Crippen MR) is 114 cm³/mol. The number of nitrogen functional groups attached to an aromatic ring is 1. The molecular formula is C20H18FN7O5. The molecule has 12 nitrogen and oxygen atoms in total. The number of aromatic nitrogens is 3. The molecule has 1 aromatic heterocycles. The van der Waals surface area contributed by atoms with Crippen molar-refractivity contribution in [3.05, 3.63) is 75.9 Å². The quantitative estimate of drug-likeness (QED) is 0.259. The maximum Gasteiger partial charge on any atom is 0.328 e. The highest BCUT2D eigenvalue weighted by Gasteiger charge is 2.20. The Morgan fingerprint density at radius 2 is 1.91 bits per heavy atom. The monoisotopic (exact) mass is 455 g/mol. The zero-order valence-corrected chi connectivity index (χ0v) is 17.2. The molecule has 170 valence electrons. The third-order valence-electron chi connectivity index (χ3n) is 4.16. The SMILES string of the molecule is C[C@H](NC(=O)c1cccc([N+](=O)[O-])c1)C(=O)OCc1nc(N)nc(Nc2ccc(F)cc2)n1. The summed E-state index contributed by atoms with van der Waals surface area (Å²) in [5, 5.41) is 16.1. The van der Waals surface area contributed by atoms with Crippen LogP contribution < -0.4 is 16.4 Å². The number of benzene rings is 2. The first-order valence-corrected chi connectivity index (χ1v) is 9.46. The van der Waals surface area contributed by atoms with Crippen LogP contribution in [0.15, 0.2) is 48.5 Å². The van der Waals surface area contributed by atoms with E-state index in [0.717, 1.165) is 6.07 Å². The van der Waals surface area contributed by atoms with Crippen LogP contribution in [0.5, 0.6) is 0 Å². The number of hydrogen-bond acceptors (Lipinski definition) is 10. The predicted octanol–water partition coefficient (Wildman–Crippen LogP) is 2.11. The van der Waals surface area contributed by atoms with Crippen LogP contribution in [-0.4, -0.2) is 37.8 Å². The van der Waals surface area contributed by atoms with Gasteiger partial charge in [0.1, 0.15) is 11.9 Å². The standard InChI is InChI=1S/C20H18FN7O5/c1-11(23-17(29)12-3-2-4-15(9-12)28(31)32)18(30)33-10-16-25-19(22)27-20(26-16)24-14-7-5-13(21)6-8-14/h2-9,11H,10H2,1H3,(H,23,29)(H3,22,24,25,26,27)/t11-/m0/s1. The second-order valence-electron chi connectivity index (χ2n) is 6.68. The van der Waals surface area contributed by atoms with Crippen molar-refractivity contribution in [1.82, 2.24) is 20.3 Å². The van der Waals surface area contributed by atoms with Crippen LogP contribution >= 0.6 is 0 Å². The van der Waals surface area contributed by atoms with Gasteiger partial charge in [-0.2, -0.15) is 15.0 Å². The van der Waals surface area contributed by atoms with Crippen molar-refractivity contribution in [2.24, 2.45) is 0 Å². The van der Waals surface area contributed by atoms with Crippen molar-refractivity contribution in [2.45, 2.75) is 19.6 Å². The lowest BCUT2D eigenvalue weighted by atomic mass is 10.2. The van der Waals surface area contributed by atoms with E-state index in [1.165, 1.54) is 49.4 Å². The fourth-order valence-electron chi connectivity index (χ4n) is 2.58. The number of anilines is 3. The van der Waals surface area contributed by atoms with Crippen LogP contribution in [0.3, 0.4) is 0 Å². The van der Waals surface area contributed by atoms with Crippen molar-refractivity contribution in [1.29, 1.82) is 0 Å². The number of non-ortho nitro benzene ring substituents is 1. The van der Waals surface area contributed by atoms with Crippen molar-refractivity contribution in [3.63, 3.8) is 0 Å². The van der Waals surface area contributed by atoms with Gasteiger partial charge in [-0.1, -0.05) is 6.07 Å². The summed E-state index contributed by atoms with van der Waals surface area (Å²) in [5.41, 5.74) is 5.93. The Kier molecular flexibility index (Phi) is 7.03. The maximum atomic E-state index is 13.0. The molecule has 0 aliphatic heterocycles. The molecule has 1 atom stereocenters. The molecule has 0 radical (unpaired) electrons. The zero-order chi connectivity index (χ0) is 24.0. The average molecular weight is 455 g/mol. The van der Waals surface area contributed by atoms with Crippen molar-refractivity contribution >= 4 is 35.1 Å². The second-order valence-corrected chi connectivity index (χ2v) is 6.68. The van der Waals surface area contributed by atoms with Crippen LogP contribution in [0, 0.1) is 15.9 Å². The lowest BCUT2D eigenvalue weighted by molar-refractivity contribution is -0.384. The van der Waals surface area contributed by atoms with E-state index in [2.05, 4.69) is 25.6 Å². The number of carbonyl (C=O) groups excluding carboxylic acids is 2. The van der Waals surface area contributed by atoms with Gasteiger partial charge >= 0.3 is 5.97 Å². The van der Waals surface area contributed by atoms with Crippen LogP contribution in [-0.2, 0) is 16.1 Å². The Hall–Kier alpha value is -4.68. The summed E-state index contributed by atoms with van der Waals surface area (Å²) in [7, 11) is 0. The third kappa shape index (κ3) is 6.40. The average Bonchev–Trinajstić information content (AvgIpc) is 2.78. The molecule has 0 fully saturated rings. The molecule has 0 aliphatic rings. The molecule has 4 N–H and O–H groups in total. The summed E-state index contributed by atoms with van der Waals surface area (Å²) in [6, 6.07) is 9.46. The van der Waals surface area contributed by atoms with E-state index in [4.69, 9.17) is 10.5 Å². The molecule has 0 saturated carbocycles. The summed E-state index contributed by atoms with van der Waals surface area (Å²) >= 11 is 0. The summed E-state index contributed by atoms with van der Waals surface area (Å²) < 4.78 is 18.1. The number of nitrogens with zero attached hydrogens (tertiary/aromatic N) is 4. The number of hydrogen-bond donors (Lipinski definition) is 3. The van der Waals surface area contributed by atoms with E-state index < -0.39 is 28.7 Å². The number of esters is 1. The molecule has 1 heterocycles. The van der Waals surface area contributed by atoms with Gasteiger partial charge in [0.05, 0.1) is 4.92 Å². The van der Waals surface area contributed by atoms with Gasteiger partial charge in [0.2, 0.25) is 11.9 Å². The Morgan fingerprint density at radius 3 is 2.61 bits per heavy atom. The summed E-state index contributed by atoms with van der Waals surface area (Å²) in [5.74, 6) is -1.91. The van der Waals surface area contributed by atoms with E-state index in [9.17, 15) is 24.1 Å². The first kappa shape index (κ1) is 23.0. The largest absolute Gasteiger partial charge is 0.456 e. The van der Waals surface area contributed by atoms with Crippen molar-refractivity contribution in [3.8, 4) is 0 Å². The van der Waals surface area contributed by atoms with E-state index in [1.807, 2.05) is 0 Å². The summed E-state index contributed by atoms with van der Waals surface area (Å²) in [4.78, 5) is 46.6. The molecule has 0 saturated heterocycles. The van der Waals surface area contributed by atoms with Gasteiger partial charge < -0.3 is 21.1 Å². The van der Waals surface area contributed by atoms with Gasteiger partial charge in [-0.25, -0.2) is 9.18 Å². The molecule has 0 unspecified atom stereocenters. The number of nitro groups is 1. The number of amides is 1. The third-order valence-corrected chi connectivity index (χ3v) is 4.16. The molecule has 0 spiro atoms. The van der Waals surface area contributed by atoms with Crippen molar-refractivity contribution in [2.75, 3.05) is 11.1 Å². The van der Waals surface area contributed by atoms with Crippen LogP contribution in [0.2, 0.25) is 0 Å². The van der Waals surface area contributed by atoms with E-state index >= 15 is 0 Å². The van der Waals surface area contributed by atoms with Gasteiger partial charge in [0.15, 0.2) is 12.4 Å². The van der Waals surface area contributed by atoms with Gasteiger partial charge in [-0.05, 0) is 37.3 Å². The highest BCUT2D eigenvalue weighted by molar-refractivity contribution is 5.97. The number of ether oxygens (including phenoxy) is 1. The summed E-state index contributed by atoms with van der Waals surface area (Å²) in [6.45, 7) is 1.03. The molecule has 0 bridgehead atoms. The van der Waals surface area contributed by atoms with E-state index in [0.29, 0.717) is 5.69 Å². The molecule has 13 heteroatoms. The fraction of sp³-hybridized carbons (Fsp3) is 0.150. The molecule has 33 heavy (non-hydrogen) atoms. The zero-order valence-electron chi connectivity index (χ0n) is 17.2.